The van der Waals surface area contributed by atoms with Gasteiger partial charge in [-0.05, 0) is 365 Å². The van der Waals surface area contributed by atoms with Crippen molar-refractivity contribution in [3.63, 3.8) is 0 Å². The van der Waals surface area contributed by atoms with Crippen LogP contribution in [0.3, 0.4) is 0 Å². The first-order chi connectivity index (χ1) is 53.8. The molecule has 12 aromatic rings. The third-order valence-electron chi connectivity index (χ3n) is 14.3. The van der Waals surface area contributed by atoms with Crippen molar-refractivity contribution in [1.29, 1.82) is 0 Å². The van der Waals surface area contributed by atoms with Gasteiger partial charge in [-0.15, -0.1) is 0 Å². The van der Waals surface area contributed by atoms with E-state index in [9.17, 15) is 79.8 Å². The summed E-state index contributed by atoms with van der Waals surface area (Å²) in [4.78, 5) is 64.5. The van der Waals surface area contributed by atoms with Crippen molar-refractivity contribution in [2.75, 3.05) is 0 Å². The summed E-state index contributed by atoms with van der Waals surface area (Å²) < 4.78 is 38.0. The number of halogens is 7. The van der Waals surface area contributed by atoms with E-state index in [4.69, 9.17) is 59.1 Å². The van der Waals surface area contributed by atoms with Crippen LogP contribution in [-0.2, 0) is 0 Å². The number of carbonyl (C=O) groups is 6. The van der Waals surface area contributed by atoms with E-state index in [1.165, 1.54) is 121 Å². The summed E-state index contributed by atoms with van der Waals surface area (Å²) in [6.45, 7) is 1.75. The number of rotatable bonds is 18. The van der Waals surface area contributed by atoms with E-state index < -0.39 is 35.8 Å². The van der Waals surface area contributed by atoms with Gasteiger partial charge in [0.15, 0.2) is 0 Å². The normalized spacial score (nSPS) is 10.2. The molecule has 16 N–H and O–H groups in total. The van der Waals surface area contributed by atoms with Gasteiger partial charge in [0.2, 0.25) is 0 Å². The SMILES string of the molecule is Cc1cc(Oc2ccc(C(=O)O)c(O)c2)cc(I)c1O.O=C(O)c1ccc(Oc2cc(I)c(O)cc2I)cc1O.O=C(O)c1ccc(Oc2ccc(O)c(I)c2)cc1.O=C(O)c1ccc(Oc2ccc(O)c(I)c2)cc1O.O=C(O)c1ccc(Oc2ccc(O)cc2I)cc1.O=C(O)c1ccc(Oc2ccc(O)cc2I)cc1O. The maximum Gasteiger partial charge on any atom is 0.339 e. The molecule has 0 unspecified atom stereocenters. The summed E-state index contributed by atoms with van der Waals surface area (Å²) in [5, 5.41) is 148. The van der Waals surface area contributed by atoms with E-state index in [2.05, 4.69) is 22.6 Å². The second kappa shape index (κ2) is 42.5. The van der Waals surface area contributed by atoms with Crippen molar-refractivity contribution < 1.29 is 139 Å². The molecule has 12 aromatic carbocycles. The van der Waals surface area contributed by atoms with Crippen LogP contribution in [-0.4, -0.2) is 118 Å². The van der Waals surface area contributed by atoms with Crippen LogP contribution in [0.25, 0.3) is 0 Å². The highest BCUT2D eigenvalue weighted by atomic mass is 127. The van der Waals surface area contributed by atoms with Crippen molar-refractivity contribution >= 4 is 194 Å². The third kappa shape index (κ3) is 27.3. The number of benzene rings is 12. The summed E-state index contributed by atoms with van der Waals surface area (Å²) in [5.41, 5.74) is 0.338. The van der Waals surface area contributed by atoms with Gasteiger partial charge in [0.1, 0.15) is 149 Å². The zero-order valence-corrected chi connectivity index (χ0v) is 72.6. The molecule has 588 valence electrons. The number of carboxylic acid groups (broad SMARTS) is 6. The lowest BCUT2D eigenvalue weighted by atomic mass is 10.2. The standard InChI is InChI=1S/C14H11IO5.C13H8I2O5.2C13H9IO5.2C13H9IO4/c1-7-4-9(5-11(15)13(7)17)20-8-2-3-10(14(18)19)12(16)6-8;14-8-5-12(9(15)4-11(8)17)20-6-1-2-7(13(18)19)10(16)3-6;14-10-5-7(15)1-4-12(10)19-8-2-3-9(13(17)18)11(16)6-8;14-10-5-7(2-4-11(10)15)19-8-1-3-9(13(17)18)12(16)6-8;14-11-7-9(15)3-6-12(11)18-10-4-1-8(2-5-10)13(16)17;14-11-7-10(5-6-12(11)15)18-9-3-1-8(2-4-9)13(16)17/h2-6,16-17H,1H3,(H,18,19);1-5,16-17H,(H,18,19);2*1-6,15-16H,(H,17,18);2*1-7,15H,(H,16,17). The molecule has 0 aliphatic heterocycles. The molecule has 0 atom stereocenters. The molecule has 0 fully saturated rings. The second-order valence-corrected chi connectivity index (χ2v) is 30.6. The number of aromatic carboxylic acids is 6. The van der Waals surface area contributed by atoms with Crippen LogP contribution in [0.5, 0.6) is 126 Å². The Balaban J connectivity index is 0.000000190. The zero-order valence-electron chi connectivity index (χ0n) is 57.5. The number of ether oxygens (including phenoxy) is 6. The molecule has 12 rings (SSSR count). The summed E-state index contributed by atoms with van der Waals surface area (Å²) in [6, 6.07) is 53.5. The van der Waals surface area contributed by atoms with E-state index in [-0.39, 0.29) is 90.9 Å². The molecule has 114 heavy (non-hydrogen) atoms. The fraction of sp³-hybridized carbons (Fsp3) is 0.0127. The van der Waals surface area contributed by atoms with Crippen molar-refractivity contribution in [3.05, 3.63) is 282 Å². The Labute approximate surface area is 740 Å². The maximum atomic E-state index is 10.8. The average Bonchev–Trinajstić information content (AvgIpc) is 0.855. The highest BCUT2D eigenvalue weighted by Gasteiger charge is 2.18. The number of hydrogen-bond donors (Lipinski definition) is 16. The van der Waals surface area contributed by atoms with Crippen molar-refractivity contribution in [3.8, 4) is 126 Å². The zero-order chi connectivity index (χ0) is 83.9. The van der Waals surface area contributed by atoms with Crippen molar-refractivity contribution in [2.45, 2.75) is 6.92 Å². The van der Waals surface area contributed by atoms with E-state index in [1.54, 1.807) is 104 Å². The fourth-order valence-electron chi connectivity index (χ4n) is 8.75. The van der Waals surface area contributed by atoms with Crippen LogP contribution in [0.1, 0.15) is 67.7 Å². The highest BCUT2D eigenvalue weighted by molar-refractivity contribution is 14.1. The Hall–Kier alpha value is -10.6. The van der Waals surface area contributed by atoms with Gasteiger partial charge in [0, 0.05) is 24.3 Å². The average molecular weight is 2340 g/mol. The largest absolute Gasteiger partial charge is 0.508 e. The molecule has 0 aromatic heterocycles. The van der Waals surface area contributed by atoms with E-state index in [1.807, 2.05) is 136 Å². The third-order valence-corrected chi connectivity index (χ3v) is 20.2. The van der Waals surface area contributed by atoms with Gasteiger partial charge in [-0.2, -0.15) is 0 Å². The smallest absolute Gasteiger partial charge is 0.339 e. The van der Waals surface area contributed by atoms with E-state index in [0.29, 0.717) is 96.0 Å². The molecule has 28 nitrogen and oxygen atoms in total. The Bertz CT molecular complexity index is 5530. The molecule has 0 aliphatic carbocycles. The van der Waals surface area contributed by atoms with Crippen LogP contribution in [0.4, 0.5) is 0 Å². The molecule has 0 spiro atoms. The Kier molecular flexibility index (Phi) is 33.7. The first-order valence-corrected chi connectivity index (χ1v) is 39.0. The first kappa shape index (κ1) is 90.6. The highest BCUT2D eigenvalue weighted by Crippen LogP contribution is 2.39. The predicted molar refractivity (Wildman–Crippen MR) is 470 cm³/mol. The topological polar surface area (TPSA) is 481 Å². The first-order valence-electron chi connectivity index (χ1n) is 31.4. The van der Waals surface area contributed by atoms with E-state index in [0.717, 1.165) is 3.57 Å². The molecular weight excluding hydrogens is 2290 g/mol. The molecule has 35 heteroatoms. The molecule has 0 amide bonds. The van der Waals surface area contributed by atoms with Crippen LogP contribution >= 0.6 is 158 Å². The van der Waals surface area contributed by atoms with Crippen molar-refractivity contribution in [1.82, 2.24) is 0 Å². The molecule has 0 saturated carbocycles. The summed E-state index contributed by atoms with van der Waals surface area (Å²) in [5.74, 6) is -1.70. The number of aryl methyl sites for hydroxylation is 1. The maximum absolute atomic E-state index is 10.8. The Morgan fingerprint density at radius 3 is 0.842 bits per heavy atom. The molecule has 0 heterocycles. The Morgan fingerprint density at radius 1 is 0.228 bits per heavy atom. The quantitative estimate of drug-likeness (QED) is 0.0355. The number of carboxylic acids is 6. The number of hydrogen-bond acceptors (Lipinski definition) is 22. The van der Waals surface area contributed by atoms with Crippen LogP contribution in [0, 0.1) is 31.9 Å². The van der Waals surface area contributed by atoms with Crippen LogP contribution in [0.15, 0.2) is 218 Å². The lowest BCUT2D eigenvalue weighted by Gasteiger charge is -2.10. The van der Waals surface area contributed by atoms with Gasteiger partial charge >= 0.3 is 35.8 Å². The van der Waals surface area contributed by atoms with Crippen LogP contribution < -0.4 is 28.4 Å². The number of phenols is 10. The molecule has 0 saturated heterocycles. The van der Waals surface area contributed by atoms with Gasteiger partial charge in [0.05, 0.1) is 36.1 Å². The summed E-state index contributed by atoms with van der Waals surface area (Å²) in [6.07, 6.45) is 0. The number of aromatic hydroxyl groups is 10. The van der Waals surface area contributed by atoms with Gasteiger partial charge in [-0.3, -0.25) is 0 Å². The van der Waals surface area contributed by atoms with Gasteiger partial charge in [0.25, 0.3) is 0 Å². The van der Waals surface area contributed by atoms with E-state index >= 15 is 0 Å². The minimum atomic E-state index is -1.21. The number of phenolic OH excluding ortho intramolecular Hbond substituents is 6. The minimum Gasteiger partial charge on any atom is -0.508 e. The van der Waals surface area contributed by atoms with Gasteiger partial charge in [-0.1, -0.05) is 0 Å². The monoisotopic (exact) mass is 2340 g/mol. The Morgan fingerprint density at radius 2 is 0.509 bits per heavy atom. The van der Waals surface area contributed by atoms with Gasteiger partial charge < -0.3 is 110 Å². The molecule has 0 aliphatic rings. The van der Waals surface area contributed by atoms with Crippen molar-refractivity contribution in [2.24, 2.45) is 0 Å². The summed E-state index contributed by atoms with van der Waals surface area (Å²) >= 11 is 14.0. The minimum absolute atomic E-state index is 0.126. The summed E-state index contributed by atoms with van der Waals surface area (Å²) in [7, 11) is 0. The lowest BCUT2D eigenvalue weighted by Crippen LogP contribution is -1.97. The lowest BCUT2D eigenvalue weighted by molar-refractivity contribution is 0.0682. The fourth-order valence-corrected chi connectivity index (χ4v) is 12.7. The molecule has 0 radical (unpaired) electrons. The molecular formula is C79H55I7O28. The molecule has 0 bridgehead atoms. The predicted octanol–water partition coefficient (Wildman–Crippen LogP) is 20.7. The second-order valence-electron chi connectivity index (χ2n) is 22.5. The van der Waals surface area contributed by atoms with Gasteiger partial charge in [-0.25, -0.2) is 28.8 Å². The van der Waals surface area contributed by atoms with Crippen LogP contribution in [0.2, 0.25) is 0 Å².